The van der Waals surface area contributed by atoms with Gasteiger partial charge in [0.1, 0.15) is 0 Å². The summed E-state index contributed by atoms with van der Waals surface area (Å²) >= 11 is 0. The van der Waals surface area contributed by atoms with Crippen molar-refractivity contribution >= 4 is 11.8 Å². The maximum absolute atomic E-state index is 13.8. The van der Waals surface area contributed by atoms with Crippen LogP contribution in [-0.2, 0) is 20.7 Å². The Morgan fingerprint density at radius 2 is 1.66 bits per heavy atom. The number of hydrogen-bond acceptors (Lipinski definition) is 6. The predicted octanol–water partition coefficient (Wildman–Crippen LogP) is 5.56. The summed E-state index contributed by atoms with van der Waals surface area (Å²) in [6, 6.07) is 25.7. The molecule has 2 aliphatic heterocycles. The summed E-state index contributed by atoms with van der Waals surface area (Å²) in [5.41, 5.74) is 5.72. The largest absolute Gasteiger partial charge is 0.462 e. The van der Waals surface area contributed by atoms with Crippen LogP contribution in [0.25, 0.3) is 0 Å². The van der Waals surface area contributed by atoms with Gasteiger partial charge in [0, 0.05) is 35.7 Å². The number of Topliss-reactive ketones (excluding diaryl/α,β-unsaturated/α-hetero) is 1. The molecule has 1 N–H and O–H groups in total. The molecular weight excluding hydrogens is 478 g/mol. The molecular formula is C32H29NO5. The molecule has 2 heterocycles. The van der Waals surface area contributed by atoms with Crippen LogP contribution in [0.1, 0.15) is 48.3 Å². The van der Waals surface area contributed by atoms with Crippen molar-refractivity contribution in [2.75, 3.05) is 13.4 Å². The Bertz CT molecular complexity index is 1440. The molecule has 38 heavy (non-hydrogen) atoms. The second-order valence-corrected chi connectivity index (χ2v) is 9.91. The van der Waals surface area contributed by atoms with Gasteiger partial charge in [-0.25, -0.2) is 4.79 Å². The van der Waals surface area contributed by atoms with Gasteiger partial charge in [0.2, 0.25) is 6.79 Å². The average Bonchev–Trinajstić information content (AvgIpc) is 3.41. The number of ketones is 1. The number of fused-ring (bicyclic) bond motifs is 1. The van der Waals surface area contributed by atoms with Gasteiger partial charge < -0.3 is 19.5 Å². The van der Waals surface area contributed by atoms with Crippen molar-refractivity contribution in [2.45, 2.75) is 38.0 Å². The van der Waals surface area contributed by atoms with Gasteiger partial charge in [0.25, 0.3) is 0 Å². The van der Waals surface area contributed by atoms with Crippen molar-refractivity contribution in [3.63, 3.8) is 0 Å². The van der Waals surface area contributed by atoms with Gasteiger partial charge in [-0.2, -0.15) is 0 Å². The Morgan fingerprint density at radius 1 is 0.921 bits per heavy atom. The van der Waals surface area contributed by atoms with E-state index in [1.807, 2.05) is 73.7 Å². The molecule has 0 fully saturated rings. The Balaban J connectivity index is 1.34. The third-order valence-corrected chi connectivity index (χ3v) is 7.52. The van der Waals surface area contributed by atoms with Crippen LogP contribution in [0.3, 0.4) is 0 Å². The summed E-state index contributed by atoms with van der Waals surface area (Å²) in [5, 5.41) is 3.42. The standard InChI is InChI=1S/C32H29NO5/c1-20-29(32(35)36-15-14-21-8-4-2-5-9-21)30(23-12-13-27-28(18-23)38-19-37-27)31-25(33-20)16-24(17-26(31)34)22-10-6-3-7-11-22/h2-13,18,24,30,33H,14-17,19H2,1H3/t24-,30+/m0/s1. The van der Waals surface area contributed by atoms with Crippen molar-refractivity contribution in [3.8, 4) is 11.5 Å². The van der Waals surface area contributed by atoms with Gasteiger partial charge >= 0.3 is 5.97 Å². The van der Waals surface area contributed by atoms with Crippen LogP contribution in [0.5, 0.6) is 11.5 Å². The number of carbonyl (C=O) groups excluding carboxylic acids is 2. The second kappa shape index (κ2) is 10.2. The van der Waals surface area contributed by atoms with Crippen molar-refractivity contribution in [2.24, 2.45) is 0 Å². The monoisotopic (exact) mass is 507 g/mol. The quantitative estimate of drug-likeness (QED) is 0.440. The van der Waals surface area contributed by atoms with E-state index in [4.69, 9.17) is 14.2 Å². The maximum Gasteiger partial charge on any atom is 0.336 e. The zero-order valence-corrected chi connectivity index (χ0v) is 21.2. The number of nitrogens with one attached hydrogen (secondary N) is 1. The summed E-state index contributed by atoms with van der Waals surface area (Å²) in [6.07, 6.45) is 1.70. The Labute approximate surface area is 221 Å². The minimum Gasteiger partial charge on any atom is -0.462 e. The fourth-order valence-corrected chi connectivity index (χ4v) is 5.68. The zero-order chi connectivity index (χ0) is 26.1. The highest BCUT2D eigenvalue weighted by Gasteiger charge is 2.41. The van der Waals surface area contributed by atoms with E-state index in [1.165, 1.54) is 0 Å². The number of hydrogen-bond donors (Lipinski definition) is 1. The molecule has 0 bridgehead atoms. The molecule has 0 spiro atoms. The fourth-order valence-electron chi connectivity index (χ4n) is 5.68. The minimum atomic E-state index is -0.547. The topological polar surface area (TPSA) is 73.9 Å². The molecule has 6 rings (SSSR count). The summed E-state index contributed by atoms with van der Waals surface area (Å²) in [4.78, 5) is 27.3. The van der Waals surface area contributed by atoms with E-state index in [9.17, 15) is 9.59 Å². The van der Waals surface area contributed by atoms with Crippen LogP contribution in [0, 0.1) is 0 Å². The smallest absolute Gasteiger partial charge is 0.336 e. The van der Waals surface area contributed by atoms with Gasteiger partial charge in [0.05, 0.1) is 12.2 Å². The van der Waals surface area contributed by atoms with Gasteiger partial charge in [-0.3, -0.25) is 4.79 Å². The number of rotatable bonds is 6. The van der Waals surface area contributed by atoms with Crippen molar-refractivity contribution < 1.29 is 23.8 Å². The maximum atomic E-state index is 13.8. The summed E-state index contributed by atoms with van der Waals surface area (Å²) in [6.45, 7) is 2.29. The highest BCUT2D eigenvalue weighted by molar-refractivity contribution is 6.04. The molecule has 2 atom stereocenters. The summed E-state index contributed by atoms with van der Waals surface area (Å²) in [5.74, 6) is 0.427. The van der Waals surface area contributed by atoms with E-state index in [2.05, 4.69) is 17.4 Å². The molecule has 192 valence electrons. The second-order valence-electron chi connectivity index (χ2n) is 9.91. The molecule has 6 heteroatoms. The lowest BCUT2D eigenvalue weighted by atomic mass is 9.71. The van der Waals surface area contributed by atoms with Gasteiger partial charge in [-0.1, -0.05) is 66.7 Å². The molecule has 0 unspecified atom stereocenters. The van der Waals surface area contributed by atoms with Crippen LogP contribution in [-0.4, -0.2) is 25.2 Å². The third kappa shape index (κ3) is 4.58. The van der Waals surface area contributed by atoms with Crippen LogP contribution in [0.2, 0.25) is 0 Å². The first-order valence-corrected chi connectivity index (χ1v) is 13.0. The molecule has 0 saturated heterocycles. The first-order chi connectivity index (χ1) is 18.6. The van der Waals surface area contributed by atoms with Gasteiger partial charge in [-0.15, -0.1) is 0 Å². The van der Waals surface area contributed by atoms with Crippen LogP contribution in [0.15, 0.2) is 101 Å². The lowest BCUT2D eigenvalue weighted by molar-refractivity contribution is -0.139. The van der Waals surface area contributed by atoms with Gasteiger partial charge in [0.15, 0.2) is 17.3 Å². The number of benzene rings is 3. The lowest BCUT2D eigenvalue weighted by Crippen LogP contribution is -2.36. The molecule has 3 aromatic carbocycles. The molecule has 3 aliphatic rings. The Kier molecular flexibility index (Phi) is 6.46. The van der Waals surface area contributed by atoms with Gasteiger partial charge in [-0.05, 0) is 48.1 Å². The van der Waals surface area contributed by atoms with Crippen molar-refractivity contribution in [3.05, 3.63) is 118 Å². The average molecular weight is 508 g/mol. The number of carbonyl (C=O) groups is 2. The first-order valence-electron chi connectivity index (χ1n) is 13.0. The SMILES string of the molecule is CC1=C(C(=O)OCCc2ccccc2)[C@@H](c2ccc3c(c2)OCO3)C2=C(C[C@H](c3ccccc3)CC2=O)N1. The predicted molar refractivity (Wildman–Crippen MR) is 143 cm³/mol. The van der Waals surface area contributed by atoms with Crippen molar-refractivity contribution in [1.82, 2.24) is 5.32 Å². The normalized spacial score (nSPS) is 20.2. The molecule has 3 aromatic rings. The van der Waals surface area contributed by atoms with E-state index < -0.39 is 11.9 Å². The highest BCUT2D eigenvalue weighted by atomic mass is 16.7. The summed E-state index contributed by atoms with van der Waals surface area (Å²) in [7, 11) is 0. The third-order valence-electron chi connectivity index (χ3n) is 7.52. The van der Waals surface area contributed by atoms with Crippen LogP contribution >= 0.6 is 0 Å². The molecule has 1 aliphatic carbocycles. The molecule has 6 nitrogen and oxygen atoms in total. The van der Waals surface area contributed by atoms with Crippen LogP contribution < -0.4 is 14.8 Å². The molecule has 0 radical (unpaired) electrons. The highest BCUT2D eigenvalue weighted by Crippen LogP contribution is 2.47. The van der Waals surface area contributed by atoms with Crippen molar-refractivity contribution in [1.29, 1.82) is 0 Å². The number of ether oxygens (including phenoxy) is 3. The van der Waals surface area contributed by atoms with E-state index in [0.29, 0.717) is 47.6 Å². The Morgan fingerprint density at radius 3 is 2.45 bits per heavy atom. The number of dihydropyridines is 1. The molecule has 0 aromatic heterocycles. The van der Waals surface area contributed by atoms with E-state index >= 15 is 0 Å². The Hall–Kier alpha value is -4.32. The summed E-state index contributed by atoms with van der Waals surface area (Å²) < 4.78 is 16.9. The number of allylic oxidation sites excluding steroid dienone is 3. The lowest BCUT2D eigenvalue weighted by Gasteiger charge is -2.36. The first kappa shape index (κ1) is 24.0. The molecule has 0 amide bonds. The zero-order valence-electron chi connectivity index (χ0n) is 21.2. The van der Waals surface area contributed by atoms with Crippen LogP contribution in [0.4, 0.5) is 0 Å². The fraction of sp³-hybridized carbons (Fsp3) is 0.250. The molecule has 0 saturated carbocycles. The van der Waals surface area contributed by atoms with E-state index in [1.54, 1.807) is 0 Å². The minimum absolute atomic E-state index is 0.0392. The number of esters is 1. The van der Waals surface area contributed by atoms with E-state index in [-0.39, 0.29) is 25.1 Å². The van der Waals surface area contributed by atoms with E-state index in [0.717, 1.165) is 22.4 Å².